The molecule has 1 aromatic heterocycles. The van der Waals surface area contributed by atoms with E-state index in [0.29, 0.717) is 11.6 Å². The van der Waals surface area contributed by atoms with Crippen molar-refractivity contribution in [1.29, 1.82) is 0 Å². The van der Waals surface area contributed by atoms with Gasteiger partial charge in [-0.2, -0.15) is 0 Å². The Morgan fingerprint density at radius 1 is 1.58 bits per heavy atom. The normalized spacial score (nSPS) is 19.8. The van der Waals surface area contributed by atoms with Crippen molar-refractivity contribution in [3.8, 4) is 5.88 Å². The Hall–Kier alpha value is -1.82. The minimum atomic E-state index is -0.255. The lowest BCUT2D eigenvalue weighted by Gasteiger charge is -2.20. The van der Waals surface area contributed by atoms with E-state index in [4.69, 9.17) is 9.47 Å². The van der Waals surface area contributed by atoms with Gasteiger partial charge in [0.2, 0.25) is 5.88 Å². The maximum atomic E-state index is 11.8. The van der Waals surface area contributed by atoms with Gasteiger partial charge in [0.1, 0.15) is 0 Å². The van der Waals surface area contributed by atoms with Crippen molar-refractivity contribution in [2.45, 2.75) is 31.9 Å². The largest absolute Gasteiger partial charge is 0.481 e. The molecule has 1 fully saturated rings. The molecule has 2 rings (SSSR count). The van der Waals surface area contributed by atoms with Gasteiger partial charge in [-0.05, 0) is 25.8 Å². The average molecular weight is 265 g/mol. The lowest BCUT2D eigenvalue weighted by Crippen LogP contribution is -2.42. The minimum Gasteiger partial charge on any atom is -0.481 e. The van der Waals surface area contributed by atoms with Crippen molar-refractivity contribution in [1.82, 2.24) is 10.3 Å². The molecule has 6 nitrogen and oxygen atoms in total. The molecule has 2 amide bonds. The Kier molecular flexibility index (Phi) is 4.57. The third-order valence-corrected chi connectivity index (χ3v) is 3.08. The first-order chi connectivity index (χ1) is 9.19. The van der Waals surface area contributed by atoms with Gasteiger partial charge in [-0.15, -0.1) is 0 Å². The summed E-state index contributed by atoms with van der Waals surface area (Å²) < 4.78 is 10.5. The minimum absolute atomic E-state index is 0.00583. The summed E-state index contributed by atoms with van der Waals surface area (Å²) >= 11 is 0. The van der Waals surface area contributed by atoms with Crippen LogP contribution in [0.2, 0.25) is 0 Å². The van der Waals surface area contributed by atoms with Crippen LogP contribution in [0, 0.1) is 0 Å². The first-order valence-corrected chi connectivity index (χ1v) is 6.38. The van der Waals surface area contributed by atoms with E-state index in [9.17, 15) is 4.79 Å². The van der Waals surface area contributed by atoms with Gasteiger partial charge in [0, 0.05) is 12.7 Å². The van der Waals surface area contributed by atoms with Crippen molar-refractivity contribution in [3.05, 3.63) is 18.3 Å². The van der Waals surface area contributed by atoms with E-state index in [1.54, 1.807) is 25.4 Å². The smallest absolute Gasteiger partial charge is 0.319 e. The molecule has 104 valence electrons. The van der Waals surface area contributed by atoms with Crippen molar-refractivity contribution < 1.29 is 14.3 Å². The van der Waals surface area contributed by atoms with Crippen LogP contribution >= 0.6 is 0 Å². The first-order valence-electron chi connectivity index (χ1n) is 6.38. The molecule has 2 atom stereocenters. The maximum absolute atomic E-state index is 11.8. The molecule has 1 aromatic rings. The van der Waals surface area contributed by atoms with Crippen LogP contribution in [-0.2, 0) is 4.74 Å². The highest BCUT2D eigenvalue weighted by molar-refractivity contribution is 5.89. The molecular weight excluding hydrogens is 246 g/mol. The highest BCUT2D eigenvalue weighted by Gasteiger charge is 2.23. The zero-order valence-electron chi connectivity index (χ0n) is 11.2. The van der Waals surface area contributed by atoms with E-state index in [-0.39, 0.29) is 18.2 Å². The lowest BCUT2D eigenvalue weighted by molar-refractivity contribution is 0.0868. The molecule has 0 aromatic carbocycles. The number of pyridine rings is 1. The van der Waals surface area contributed by atoms with Gasteiger partial charge >= 0.3 is 6.03 Å². The van der Waals surface area contributed by atoms with Crippen LogP contribution in [0.3, 0.4) is 0 Å². The summed E-state index contributed by atoms with van der Waals surface area (Å²) in [6.07, 6.45) is 3.71. The van der Waals surface area contributed by atoms with Crippen molar-refractivity contribution >= 4 is 11.7 Å². The van der Waals surface area contributed by atoms with Crippen LogP contribution in [0.5, 0.6) is 5.88 Å². The number of carbonyl (C=O) groups excluding carboxylic acids is 1. The topological polar surface area (TPSA) is 72.5 Å². The molecular formula is C13H19N3O3. The van der Waals surface area contributed by atoms with Crippen LogP contribution in [0.1, 0.15) is 19.8 Å². The first kappa shape index (κ1) is 13.6. The molecule has 0 aliphatic carbocycles. The van der Waals surface area contributed by atoms with E-state index >= 15 is 0 Å². The maximum Gasteiger partial charge on any atom is 0.319 e. The van der Waals surface area contributed by atoms with E-state index in [1.165, 1.54) is 0 Å². The van der Waals surface area contributed by atoms with Gasteiger partial charge in [0.25, 0.3) is 0 Å². The fraction of sp³-hybridized carbons (Fsp3) is 0.538. The Balaban J connectivity index is 1.82. The van der Waals surface area contributed by atoms with E-state index < -0.39 is 0 Å². The van der Waals surface area contributed by atoms with Crippen LogP contribution in [-0.4, -0.2) is 36.9 Å². The molecule has 0 radical (unpaired) electrons. The fourth-order valence-electron chi connectivity index (χ4n) is 2.04. The Morgan fingerprint density at radius 2 is 2.42 bits per heavy atom. The molecule has 1 aliphatic heterocycles. The predicted octanol–water partition coefficient (Wildman–Crippen LogP) is 1.78. The number of aromatic nitrogens is 1. The third-order valence-electron chi connectivity index (χ3n) is 3.08. The second-order valence-electron chi connectivity index (χ2n) is 4.53. The summed E-state index contributed by atoms with van der Waals surface area (Å²) in [5.74, 6) is 0.513. The van der Waals surface area contributed by atoms with Crippen molar-refractivity contribution in [3.63, 3.8) is 0 Å². The molecule has 1 saturated heterocycles. The zero-order valence-corrected chi connectivity index (χ0v) is 11.2. The number of carbonyl (C=O) groups is 1. The van der Waals surface area contributed by atoms with E-state index in [2.05, 4.69) is 15.6 Å². The molecule has 0 spiro atoms. The summed E-state index contributed by atoms with van der Waals surface area (Å²) in [4.78, 5) is 15.8. The second kappa shape index (κ2) is 6.38. The number of amides is 2. The molecule has 0 unspecified atom stereocenters. The summed E-state index contributed by atoms with van der Waals surface area (Å²) in [7, 11) is 1.55. The Bertz CT molecular complexity index is 416. The standard InChI is InChI=1S/C13H19N3O3/c1-9(11-4-3-7-19-11)15-13(17)16-10-5-6-12(18-2)14-8-10/h5-6,8-9,11H,3-4,7H2,1-2H3,(H2,15,16,17)/t9-,11-/m0/s1. The number of ether oxygens (including phenoxy) is 2. The fourth-order valence-corrected chi connectivity index (χ4v) is 2.04. The highest BCUT2D eigenvalue weighted by atomic mass is 16.5. The van der Waals surface area contributed by atoms with Crippen LogP contribution in [0.4, 0.5) is 10.5 Å². The van der Waals surface area contributed by atoms with Crippen molar-refractivity contribution in [2.24, 2.45) is 0 Å². The monoisotopic (exact) mass is 265 g/mol. The van der Waals surface area contributed by atoms with Gasteiger partial charge in [-0.3, -0.25) is 0 Å². The number of methoxy groups -OCH3 is 1. The molecule has 0 saturated carbocycles. The highest BCUT2D eigenvalue weighted by Crippen LogP contribution is 2.15. The average Bonchev–Trinajstić information content (AvgIpc) is 2.93. The number of nitrogens with one attached hydrogen (secondary N) is 2. The summed E-state index contributed by atoms with van der Waals surface area (Å²) in [6.45, 7) is 2.72. The van der Waals surface area contributed by atoms with Gasteiger partial charge < -0.3 is 20.1 Å². The molecule has 6 heteroatoms. The number of hydrogen-bond donors (Lipinski definition) is 2. The number of anilines is 1. The summed E-state index contributed by atoms with van der Waals surface area (Å²) in [6, 6.07) is 3.17. The number of rotatable bonds is 4. The predicted molar refractivity (Wildman–Crippen MR) is 71.4 cm³/mol. The van der Waals surface area contributed by atoms with Crippen LogP contribution < -0.4 is 15.4 Å². The molecule has 0 bridgehead atoms. The second-order valence-corrected chi connectivity index (χ2v) is 4.53. The molecule has 1 aliphatic rings. The van der Waals surface area contributed by atoms with Gasteiger partial charge in [0.15, 0.2) is 0 Å². The van der Waals surface area contributed by atoms with Crippen LogP contribution in [0.15, 0.2) is 18.3 Å². The number of urea groups is 1. The van der Waals surface area contributed by atoms with E-state index in [0.717, 1.165) is 19.4 Å². The lowest BCUT2D eigenvalue weighted by atomic mass is 10.1. The Labute approximate surface area is 112 Å². The van der Waals surface area contributed by atoms with Gasteiger partial charge in [-0.1, -0.05) is 0 Å². The SMILES string of the molecule is COc1ccc(NC(=O)N[C@@H](C)[C@@H]2CCCO2)cn1. The summed E-state index contributed by atoms with van der Waals surface area (Å²) in [5.41, 5.74) is 0.623. The Morgan fingerprint density at radius 3 is 3.00 bits per heavy atom. The van der Waals surface area contributed by atoms with Gasteiger partial charge in [-0.25, -0.2) is 9.78 Å². The third kappa shape index (κ3) is 3.82. The number of hydrogen-bond acceptors (Lipinski definition) is 4. The van der Waals surface area contributed by atoms with Crippen molar-refractivity contribution in [2.75, 3.05) is 19.0 Å². The summed E-state index contributed by atoms with van der Waals surface area (Å²) in [5, 5.41) is 5.59. The molecule has 2 N–H and O–H groups in total. The van der Waals surface area contributed by atoms with Crippen LogP contribution in [0.25, 0.3) is 0 Å². The zero-order chi connectivity index (χ0) is 13.7. The van der Waals surface area contributed by atoms with Gasteiger partial charge in [0.05, 0.1) is 31.1 Å². The van der Waals surface area contributed by atoms with E-state index in [1.807, 2.05) is 6.92 Å². The molecule has 19 heavy (non-hydrogen) atoms. The number of nitrogens with zero attached hydrogens (tertiary/aromatic N) is 1. The quantitative estimate of drug-likeness (QED) is 0.870. The molecule has 2 heterocycles.